The Labute approximate surface area is 145 Å². The third-order valence-electron chi connectivity index (χ3n) is 2.70. The van der Waals surface area contributed by atoms with Crippen LogP contribution in [0.3, 0.4) is 0 Å². The summed E-state index contributed by atoms with van der Waals surface area (Å²) in [6.45, 7) is 4.46. The second-order valence-corrected chi connectivity index (χ2v) is 5.87. The molecule has 0 aliphatic heterocycles. The van der Waals surface area contributed by atoms with Crippen LogP contribution in [0.5, 0.6) is 5.75 Å². The van der Waals surface area contributed by atoms with E-state index in [1.54, 1.807) is 0 Å². The van der Waals surface area contributed by atoms with E-state index in [0.717, 1.165) is 22.3 Å². The van der Waals surface area contributed by atoms with Crippen LogP contribution in [-0.4, -0.2) is 50.1 Å². The molecule has 0 radical (unpaired) electrons. The number of hydrogen-bond donors (Lipinski definition) is 3. The normalized spacial score (nSPS) is 13.0. The van der Waals surface area contributed by atoms with Gasteiger partial charge in [0.05, 0.1) is 6.54 Å². The molecule has 1 rings (SSSR count). The van der Waals surface area contributed by atoms with E-state index in [1.807, 2.05) is 31.2 Å². The summed E-state index contributed by atoms with van der Waals surface area (Å²) in [6.07, 6.45) is 0.172. The summed E-state index contributed by atoms with van der Waals surface area (Å²) in [7, 11) is 0. The fraction of sp³-hybridized carbons (Fsp3) is 0.533. The lowest BCUT2D eigenvalue weighted by atomic mass is 10.3. The van der Waals surface area contributed by atoms with Gasteiger partial charge in [-0.1, -0.05) is 0 Å². The standard InChI is InChI=1S/C15H24IN3O3/c1-2-21-9-3-8-18-15(17)19-10-13(20)11-22-14-6-4-12(16)5-7-14/h4-7,13,20H,2-3,8-11H2,1H3,(H3,17,18,19). The Kier molecular flexibility index (Phi) is 9.93. The van der Waals surface area contributed by atoms with Gasteiger partial charge < -0.3 is 25.6 Å². The Hall–Kier alpha value is -1.06. The molecule has 0 heterocycles. The van der Waals surface area contributed by atoms with E-state index >= 15 is 0 Å². The van der Waals surface area contributed by atoms with Gasteiger partial charge in [0, 0.05) is 23.3 Å². The van der Waals surface area contributed by atoms with Crippen molar-refractivity contribution in [1.82, 2.24) is 5.32 Å². The Morgan fingerprint density at radius 2 is 2.14 bits per heavy atom. The largest absolute Gasteiger partial charge is 0.491 e. The number of ether oxygens (including phenoxy) is 2. The number of aliphatic hydroxyl groups excluding tert-OH is 1. The lowest BCUT2D eigenvalue weighted by Crippen LogP contribution is -2.34. The molecular formula is C15H24IN3O3. The molecule has 0 aliphatic carbocycles. The van der Waals surface area contributed by atoms with Gasteiger partial charge >= 0.3 is 0 Å². The Morgan fingerprint density at radius 1 is 1.41 bits per heavy atom. The minimum absolute atomic E-state index is 0.182. The number of hydrogen-bond acceptors (Lipinski definition) is 4. The lowest BCUT2D eigenvalue weighted by Gasteiger charge is -2.11. The number of rotatable bonds is 10. The highest BCUT2D eigenvalue weighted by molar-refractivity contribution is 14.1. The lowest BCUT2D eigenvalue weighted by molar-refractivity contribution is 0.114. The van der Waals surface area contributed by atoms with Crippen molar-refractivity contribution in [3.05, 3.63) is 27.8 Å². The summed E-state index contributed by atoms with van der Waals surface area (Å²) < 4.78 is 11.8. The molecular weight excluding hydrogens is 397 g/mol. The van der Waals surface area contributed by atoms with E-state index < -0.39 is 6.10 Å². The minimum atomic E-state index is -0.692. The van der Waals surface area contributed by atoms with Crippen LogP contribution in [0.2, 0.25) is 0 Å². The third-order valence-corrected chi connectivity index (χ3v) is 3.42. The third kappa shape index (κ3) is 9.06. The van der Waals surface area contributed by atoms with Crippen molar-refractivity contribution in [2.45, 2.75) is 19.4 Å². The molecule has 0 amide bonds. The van der Waals surface area contributed by atoms with E-state index in [0.29, 0.717) is 19.1 Å². The van der Waals surface area contributed by atoms with Crippen LogP contribution in [0.4, 0.5) is 0 Å². The molecule has 0 aliphatic rings. The predicted octanol–water partition coefficient (Wildman–Crippen LogP) is 1.36. The van der Waals surface area contributed by atoms with Crippen molar-refractivity contribution < 1.29 is 14.6 Å². The molecule has 0 aromatic heterocycles. The zero-order valence-electron chi connectivity index (χ0n) is 12.8. The first-order valence-electron chi connectivity index (χ1n) is 7.29. The number of nitrogens with zero attached hydrogens (tertiary/aromatic N) is 1. The number of benzene rings is 1. The van der Waals surface area contributed by atoms with Crippen LogP contribution >= 0.6 is 22.6 Å². The molecule has 0 spiro atoms. The maximum absolute atomic E-state index is 9.82. The number of nitrogens with two attached hydrogens (primary N) is 1. The molecule has 124 valence electrons. The number of aliphatic imine (C=N–C) groups is 1. The van der Waals surface area contributed by atoms with Crippen molar-refractivity contribution in [1.29, 1.82) is 0 Å². The molecule has 1 aromatic rings. The van der Waals surface area contributed by atoms with Gasteiger partial charge in [-0.05, 0) is 60.2 Å². The summed E-state index contributed by atoms with van der Waals surface area (Å²) in [5.74, 6) is 1.05. The molecule has 0 fully saturated rings. The smallest absolute Gasteiger partial charge is 0.188 e. The second-order valence-electron chi connectivity index (χ2n) is 4.62. The molecule has 1 unspecified atom stereocenters. The van der Waals surface area contributed by atoms with Crippen molar-refractivity contribution in [3.63, 3.8) is 0 Å². The topological polar surface area (TPSA) is 89.1 Å². The minimum Gasteiger partial charge on any atom is -0.491 e. The van der Waals surface area contributed by atoms with Crippen LogP contribution in [0.1, 0.15) is 13.3 Å². The van der Waals surface area contributed by atoms with E-state index in [2.05, 4.69) is 32.9 Å². The van der Waals surface area contributed by atoms with Crippen LogP contribution in [0.25, 0.3) is 0 Å². The van der Waals surface area contributed by atoms with Gasteiger partial charge in [0.25, 0.3) is 0 Å². The Bertz CT molecular complexity index is 440. The van der Waals surface area contributed by atoms with E-state index in [9.17, 15) is 5.11 Å². The van der Waals surface area contributed by atoms with Crippen molar-refractivity contribution in [2.75, 3.05) is 32.9 Å². The average molecular weight is 421 g/mol. The van der Waals surface area contributed by atoms with E-state index in [4.69, 9.17) is 15.2 Å². The number of nitrogens with one attached hydrogen (secondary N) is 1. The number of guanidine groups is 1. The number of aliphatic hydroxyl groups is 1. The molecule has 22 heavy (non-hydrogen) atoms. The van der Waals surface area contributed by atoms with Crippen molar-refractivity contribution in [2.24, 2.45) is 10.7 Å². The highest BCUT2D eigenvalue weighted by Crippen LogP contribution is 2.13. The highest BCUT2D eigenvalue weighted by Gasteiger charge is 2.05. The summed E-state index contributed by atoms with van der Waals surface area (Å²) in [6, 6.07) is 7.63. The van der Waals surface area contributed by atoms with Gasteiger partial charge in [0.2, 0.25) is 0 Å². The van der Waals surface area contributed by atoms with Gasteiger partial charge in [0.15, 0.2) is 5.96 Å². The quantitative estimate of drug-likeness (QED) is 0.230. The maximum Gasteiger partial charge on any atom is 0.188 e. The van der Waals surface area contributed by atoms with Crippen LogP contribution < -0.4 is 15.8 Å². The SMILES string of the molecule is CCOCCCNC(N)=NCC(O)COc1ccc(I)cc1. The molecule has 6 nitrogen and oxygen atoms in total. The average Bonchev–Trinajstić information content (AvgIpc) is 2.52. The fourth-order valence-corrected chi connectivity index (χ4v) is 1.93. The summed E-state index contributed by atoms with van der Waals surface area (Å²) >= 11 is 2.23. The first-order valence-corrected chi connectivity index (χ1v) is 8.37. The van der Waals surface area contributed by atoms with Gasteiger partial charge in [-0.15, -0.1) is 0 Å². The molecule has 0 bridgehead atoms. The zero-order valence-corrected chi connectivity index (χ0v) is 15.0. The molecule has 1 atom stereocenters. The first kappa shape index (κ1) is 19.0. The molecule has 7 heteroatoms. The second kappa shape index (κ2) is 11.5. The molecule has 0 saturated carbocycles. The first-order chi connectivity index (χ1) is 10.6. The van der Waals surface area contributed by atoms with E-state index in [1.165, 1.54) is 0 Å². The molecule has 4 N–H and O–H groups in total. The van der Waals surface area contributed by atoms with Crippen molar-refractivity contribution in [3.8, 4) is 5.75 Å². The van der Waals surface area contributed by atoms with Gasteiger partial charge in [-0.25, -0.2) is 0 Å². The van der Waals surface area contributed by atoms with E-state index in [-0.39, 0.29) is 13.2 Å². The zero-order chi connectivity index (χ0) is 16.2. The van der Waals surface area contributed by atoms with Gasteiger partial charge in [0.1, 0.15) is 18.5 Å². The highest BCUT2D eigenvalue weighted by atomic mass is 127. The number of halogens is 1. The Morgan fingerprint density at radius 3 is 2.82 bits per heavy atom. The predicted molar refractivity (Wildman–Crippen MR) is 96.3 cm³/mol. The summed E-state index contributed by atoms with van der Waals surface area (Å²) in [5, 5.41) is 12.8. The van der Waals surface area contributed by atoms with Crippen LogP contribution in [-0.2, 0) is 4.74 Å². The van der Waals surface area contributed by atoms with Crippen molar-refractivity contribution >= 4 is 28.6 Å². The Balaban J connectivity index is 2.16. The monoisotopic (exact) mass is 421 g/mol. The van der Waals surface area contributed by atoms with Crippen LogP contribution in [0.15, 0.2) is 29.3 Å². The summed E-state index contributed by atoms with van der Waals surface area (Å²) in [5.41, 5.74) is 5.71. The maximum atomic E-state index is 9.82. The van der Waals surface area contributed by atoms with Crippen LogP contribution in [0, 0.1) is 3.57 Å². The fourth-order valence-electron chi connectivity index (χ4n) is 1.57. The molecule has 1 aromatic carbocycles. The molecule has 0 saturated heterocycles. The van der Waals surface area contributed by atoms with Gasteiger partial charge in [-0.3, -0.25) is 4.99 Å². The summed E-state index contributed by atoms with van der Waals surface area (Å²) in [4.78, 5) is 4.08. The van der Waals surface area contributed by atoms with Gasteiger partial charge in [-0.2, -0.15) is 0 Å².